The molecule has 0 spiro atoms. The van der Waals surface area contributed by atoms with Crippen molar-refractivity contribution in [2.45, 2.75) is 0 Å². The highest BCUT2D eigenvalue weighted by Gasteiger charge is 2.10. The first-order valence-corrected chi connectivity index (χ1v) is 5.26. The summed E-state index contributed by atoms with van der Waals surface area (Å²) in [6.07, 6.45) is 0. The van der Waals surface area contributed by atoms with Crippen LogP contribution >= 0.6 is 22.9 Å². The number of thiophene rings is 1. The Morgan fingerprint density at radius 2 is 2.07 bits per heavy atom. The van der Waals surface area contributed by atoms with Gasteiger partial charge >= 0.3 is 0 Å². The molecule has 70 valence electrons. The normalized spacial score (nSPS) is 10.4. The minimum absolute atomic E-state index is 0.635. The second kappa shape index (κ2) is 3.56. The van der Waals surface area contributed by atoms with Crippen molar-refractivity contribution in [3.8, 4) is 0 Å². The fourth-order valence-electron chi connectivity index (χ4n) is 1.27. The van der Waals surface area contributed by atoms with E-state index >= 15 is 0 Å². The zero-order chi connectivity index (χ0) is 10.1. The quantitative estimate of drug-likeness (QED) is 0.674. The SMILES string of the molecule is C=NC(=C)c1sc2ccccc2c1Cl. The summed E-state index contributed by atoms with van der Waals surface area (Å²) >= 11 is 7.78. The Bertz CT molecular complexity index is 513. The Labute approximate surface area is 91.4 Å². The van der Waals surface area contributed by atoms with Gasteiger partial charge in [0.15, 0.2) is 0 Å². The first kappa shape index (κ1) is 9.44. The molecular formula is C11H8ClNS. The maximum Gasteiger partial charge on any atom is 0.0738 e. The van der Waals surface area contributed by atoms with Crippen LogP contribution in [0.3, 0.4) is 0 Å². The summed E-state index contributed by atoms with van der Waals surface area (Å²) in [7, 11) is 0. The van der Waals surface area contributed by atoms with Gasteiger partial charge in [0, 0.05) is 10.1 Å². The zero-order valence-corrected chi connectivity index (χ0v) is 9.03. The van der Waals surface area contributed by atoms with Crippen LogP contribution in [0.4, 0.5) is 0 Å². The van der Waals surface area contributed by atoms with E-state index in [0.29, 0.717) is 5.70 Å². The minimum atomic E-state index is 0.635. The number of hydrogen-bond acceptors (Lipinski definition) is 2. The van der Waals surface area contributed by atoms with Crippen LogP contribution in [0.15, 0.2) is 35.8 Å². The Balaban J connectivity index is 2.74. The number of benzene rings is 1. The van der Waals surface area contributed by atoms with Crippen molar-refractivity contribution in [2.75, 3.05) is 0 Å². The third-order valence-corrected chi connectivity index (χ3v) is 3.71. The van der Waals surface area contributed by atoms with Gasteiger partial charge < -0.3 is 0 Å². The molecule has 1 aromatic carbocycles. The van der Waals surface area contributed by atoms with Gasteiger partial charge in [0.25, 0.3) is 0 Å². The maximum absolute atomic E-state index is 6.19. The van der Waals surface area contributed by atoms with Crippen LogP contribution in [0.2, 0.25) is 5.02 Å². The number of halogens is 1. The van der Waals surface area contributed by atoms with E-state index in [1.165, 1.54) is 0 Å². The van der Waals surface area contributed by atoms with Crippen molar-refractivity contribution in [1.82, 2.24) is 0 Å². The van der Waals surface area contributed by atoms with Crippen molar-refractivity contribution in [3.63, 3.8) is 0 Å². The molecule has 0 amide bonds. The van der Waals surface area contributed by atoms with E-state index in [1.807, 2.05) is 24.3 Å². The number of aliphatic imine (C=N–C) groups is 1. The molecule has 0 saturated carbocycles. The molecule has 2 rings (SSSR count). The molecule has 0 fully saturated rings. The molecule has 0 bridgehead atoms. The van der Waals surface area contributed by atoms with Crippen molar-refractivity contribution >= 4 is 45.4 Å². The van der Waals surface area contributed by atoms with Crippen LogP contribution in [-0.4, -0.2) is 6.72 Å². The first-order chi connectivity index (χ1) is 6.74. The highest BCUT2D eigenvalue weighted by atomic mass is 35.5. The lowest BCUT2D eigenvalue weighted by Crippen LogP contribution is -1.71. The Kier molecular flexibility index (Phi) is 2.40. The van der Waals surface area contributed by atoms with Gasteiger partial charge in [-0.1, -0.05) is 36.4 Å². The van der Waals surface area contributed by atoms with Gasteiger partial charge in [0.2, 0.25) is 0 Å². The van der Waals surface area contributed by atoms with Crippen molar-refractivity contribution in [1.29, 1.82) is 0 Å². The lowest BCUT2D eigenvalue weighted by atomic mass is 10.2. The fraction of sp³-hybridized carbons (Fsp3) is 0. The number of fused-ring (bicyclic) bond motifs is 1. The first-order valence-electron chi connectivity index (χ1n) is 4.07. The summed E-state index contributed by atoms with van der Waals surface area (Å²) in [6, 6.07) is 7.98. The van der Waals surface area contributed by atoms with Gasteiger partial charge in [-0.3, -0.25) is 4.99 Å². The molecular weight excluding hydrogens is 214 g/mol. The fourth-order valence-corrected chi connectivity index (χ4v) is 2.75. The molecule has 0 N–H and O–H groups in total. The van der Waals surface area contributed by atoms with Gasteiger partial charge in [0.05, 0.1) is 15.6 Å². The number of rotatable bonds is 2. The maximum atomic E-state index is 6.19. The molecule has 1 aromatic heterocycles. The molecule has 1 nitrogen and oxygen atoms in total. The Hall–Kier alpha value is -1.12. The molecule has 0 aliphatic heterocycles. The van der Waals surface area contributed by atoms with Gasteiger partial charge in [-0.15, -0.1) is 11.3 Å². The summed E-state index contributed by atoms with van der Waals surface area (Å²) in [6.45, 7) is 7.24. The second-order valence-electron chi connectivity index (χ2n) is 2.85. The summed E-state index contributed by atoms with van der Waals surface area (Å²) in [5.41, 5.74) is 0.635. The smallest absolute Gasteiger partial charge is 0.0738 e. The highest BCUT2D eigenvalue weighted by Crippen LogP contribution is 2.38. The monoisotopic (exact) mass is 221 g/mol. The van der Waals surface area contributed by atoms with Crippen molar-refractivity contribution < 1.29 is 0 Å². The van der Waals surface area contributed by atoms with E-state index in [2.05, 4.69) is 18.3 Å². The van der Waals surface area contributed by atoms with Crippen LogP contribution in [0.5, 0.6) is 0 Å². The molecule has 14 heavy (non-hydrogen) atoms. The lowest BCUT2D eigenvalue weighted by molar-refractivity contribution is 1.65. The summed E-state index contributed by atoms with van der Waals surface area (Å²) in [5, 5.41) is 1.78. The summed E-state index contributed by atoms with van der Waals surface area (Å²) < 4.78 is 1.15. The molecule has 1 heterocycles. The van der Waals surface area contributed by atoms with Crippen LogP contribution in [0.25, 0.3) is 15.8 Å². The van der Waals surface area contributed by atoms with E-state index in [9.17, 15) is 0 Å². The Morgan fingerprint density at radius 3 is 2.71 bits per heavy atom. The predicted octanol–water partition coefficient (Wildman–Crippen LogP) is 4.23. The van der Waals surface area contributed by atoms with Crippen molar-refractivity contribution in [3.05, 3.63) is 40.7 Å². The molecule has 0 aliphatic carbocycles. The van der Waals surface area contributed by atoms with Crippen LogP contribution in [-0.2, 0) is 0 Å². The standard InChI is InChI=1S/C11H8ClNS/c1-7(13-2)11-10(12)8-5-3-4-6-9(8)14-11/h3-6H,1-2H2. The van der Waals surface area contributed by atoms with Gasteiger partial charge in [-0.25, -0.2) is 0 Å². The van der Waals surface area contributed by atoms with E-state index in [-0.39, 0.29) is 0 Å². The molecule has 0 unspecified atom stereocenters. The molecule has 0 radical (unpaired) electrons. The number of nitrogens with zero attached hydrogens (tertiary/aromatic N) is 1. The zero-order valence-electron chi connectivity index (χ0n) is 7.46. The topological polar surface area (TPSA) is 12.4 Å². The highest BCUT2D eigenvalue weighted by molar-refractivity contribution is 7.20. The predicted molar refractivity (Wildman–Crippen MR) is 65.4 cm³/mol. The van der Waals surface area contributed by atoms with E-state index in [0.717, 1.165) is 20.0 Å². The van der Waals surface area contributed by atoms with E-state index < -0.39 is 0 Å². The molecule has 0 aliphatic rings. The van der Waals surface area contributed by atoms with Gasteiger partial charge in [0.1, 0.15) is 0 Å². The third kappa shape index (κ3) is 1.37. The van der Waals surface area contributed by atoms with Gasteiger partial charge in [-0.05, 0) is 12.8 Å². The Morgan fingerprint density at radius 1 is 1.36 bits per heavy atom. The van der Waals surface area contributed by atoms with Crippen LogP contribution in [0, 0.1) is 0 Å². The number of hydrogen-bond donors (Lipinski definition) is 0. The average Bonchev–Trinajstić information content (AvgIpc) is 2.56. The summed E-state index contributed by atoms with van der Waals surface area (Å²) in [4.78, 5) is 4.70. The molecule has 2 aromatic rings. The average molecular weight is 222 g/mol. The van der Waals surface area contributed by atoms with E-state index in [1.54, 1.807) is 11.3 Å². The van der Waals surface area contributed by atoms with Crippen molar-refractivity contribution in [2.24, 2.45) is 4.99 Å². The molecule has 0 saturated heterocycles. The molecule has 3 heteroatoms. The lowest BCUT2D eigenvalue weighted by Gasteiger charge is -1.93. The third-order valence-electron chi connectivity index (χ3n) is 1.99. The van der Waals surface area contributed by atoms with Gasteiger partial charge in [-0.2, -0.15) is 0 Å². The minimum Gasteiger partial charge on any atom is -0.264 e. The largest absolute Gasteiger partial charge is 0.264 e. The molecule has 0 atom stereocenters. The second-order valence-corrected chi connectivity index (χ2v) is 4.28. The summed E-state index contributed by atoms with van der Waals surface area (Å²) in [5.74, 6) is 0. The van der Waals surface area contributed by atoms with E-state index in [4.69, 9.17) is 11.6 Å². The van der Waals surface area contributed by atoms with Crippen LogP contribution < -0.4 is 0 Å². The van der Waals surface area contributed by atoms with Crippen LogP contribution in [0.1, 0.15) is 4.88 Å².